The van der Waals surface area contributed by atoms with Crippen molar-refractivity contribution < 1.29 is 0 Å². The van der Waals surface area contributed by atoms with Gasteiger partial charge in [0.15, 0.2) is 0 Å². The monoisotopic (exact) mass is 345 g/mol. The van der Waals surface area contributed by atoms with E-state index in [1.807, 2.05) is 0 Å². The molecule has 0 saturated heterocycles. The quantitative estimate of drug-likeness (QED) is 0.758. The van der Waals surface area contributed by atoms with Crippen molar-refractivity contribution in [3.05, 3.63) is 68.7 Å². The maximum atomic E-state index is 3.73. The van der Waals surface area contributed by atoms with E-state index >= 15 is 0 Å². The van der Waals surface area contributed by atoms with Crippen LogP contribution < -0.4 is 5.32 Å². The van der Waals surface area contributed by atoms with Gasteiger partial charge in [0.05, 0.1) is 6.04 Å². The van der Waals surface area contributed by atoms with Crippen LogP contribution in [0.25, 0.3) is 0 Å². The molecule has 0 saturated carbocycles. The zero-order chi connectivity index (χ0) is 15.4. The molecule has 1 unspecified atom stereocenters. The number of aryl methyl sites for hydroxylation is 3. The number of hydrogen-bond donors (Lipinski definition) is 1. The van der Waals surface area contributed by atoms with Gasteiger partial charge in [-0.2, -0.15) is 0 Å². The molecule has 112 valence electrons. The van der Waals surface area contributed by atoms with Crippen LogP contribution in [0.1, 0.15) is 47.2 Å². The molecule has 1 N–H and O–H groups in total. The Balaban J connectivity index is 2.46. The van der Waals surface area contributed by atoms with Crippen molar-refractivity contribution in [2.24, 2.45) is 0 Å². The van der Waals surface area contributed by atoms with Gasteiger partial charge in [-0.1, -0.05) is 64.3 Å². The van der Waals surface area contributed by atoms with Crippen LogP contribution in [0.4, 0.5) is 0 Å². The Morgan fingerprint density at radius 3 is 2.19 bits per heavy atom. The number of rotatable bonds is 5. The molecule has 0 amide bonds. The van der Waals surface area contributed by atoms with E-state index in [9.17, 15) is 0 Å². The van der Waals surface area contributed by atoms with Gasteiger partial charge < -0.3 is 5.32 Å². The Labute approximate surface area is 136 Å². The van der Waals surface area contributed by atoms with E-state index in [1.54, 1.807) is 0 Å². The fraction of sp³-hybridized carbons (Fsp3) is 0.368. The van der Waals surface area contributed by atoms with Gasteiger partial charge in [-0.15, -0.1) is 0 Å². The number of hydrogen-bond acceptors (Lipinski definition) is 1. The first-order valence-electron chi connectivity index (χ1n) is 7.59. The Kier molecular flexibility index (Phi) is 5.60. The van der Waals surface area contributed by atoms with Crippen molar-refractivity contribution in [3.8, 4) is 0 Å². The van der Waals surface area contributed by atoms with Crippen LogP contribution in [-0.2, 0) is 0 Å². The summed E-state index contributed by atoms with van der Waals surface area (Å²) >= 11 is 3.73. The van der Waals surface area contributed by atoms with Crippen LogP contribution >= 0.6 is 15.9 Å². The average Bonchev–Trinajstić information content (AvgIpc) is 2.40. The third kappa shape index (κ3) is 4.18. The molecule has 1 atom stereocenters. The van der Waals surface area contributed by atoms with Gasteiger partial charge in [-0.05, 0) is 56.5 Å². The molecule has 0 fully saturated rings. The highest BCUT2D eigenvalue weighted by Gasteiger charge is 2.16. The van der Waals surface area contributed by atoms with E-state index in [1.165, 1.54) is 32.3 Å². The van der Waals surface area contributed by atoms with Crippen molar-refractivity contribution in [3.63, 3.8) is 0 Å². The summed E-state index contributed by atoms with van der Waals surface area (Å²) in [6.45, 7) is 9.67. The summed E-state index contributed by atoms with van der Waals surface area (Å²) < 4.78 is 1.18. The lowest BCUT2D eigenvalue weighted by Crippen LogP contribution is -2.23. The highest BCUT2D eigenvalue weighted by Crippen LogP contribution is 2.30. The smallest absolute Gasteiger partial charge is 0.0588 e. The van der Waals surface area contributed by atoms with Gasteiger partial charge in [0.2, 0.25) is 0 Å². The standard InChI is InChI=1S/C19H24BrN/c1-5-8-21-19(16-10-14(3)9-15(4)11-16)17-7-6-13(2)12-18(17)20/h6-7,9-12,19,21H,5,8H2,1-4H3. The van der Waals surface area contributed by atoms with Crippen molar-refractivity contribution in [2.45, 2.75) is 40.2 Å². The molecular weight excluding hydrogens is 322 g/mol. The zero-order valence-corrected chi connectivity index (χ0v) is 14.9. The lowest BCUT2D eigenvalue weighted by atomic mass is 9.95. The van der Waals surface area contributed by atoms with E-state index < -0.39 is 0 Å². The molecule has 0 bridgehead atoms. The summed E-state index contributed by atoms with van der Waals surface area (Å²) in [7, 11) is 0. The Morgan fingerprint density at radius 2 is 1.62 bits per heavy atom. The minimum absolute atomic E-state index is 0.235. The summed E-state index contributed by atoms with van der Waals surface area (Å²) in [5.41, 5.74) is 6.55. The first-order valence-corrected chi connectivity index (χ1v) is 8.38. The first-order chi connectivity index (χ1) is 10.0. The summed E-state index contributed by atoms with van der Waals surface area (Å²) in [6.07, 6.45) is 1.13. The Morgan fingerprint density at radius 1 is 0.952 bits per heavy atom. The number of nitrogens with one attached hydrogen (secondary N) is 1. The second-order valence-electron chi connectivity index (χ2n) is 5.83. The van der Waals surface area contributed by atoms with Crippen LogP contribution in [0.2, 0.25) is 0 Å². The lowest BCUT2D eigenvalue weighted by Gasteiger charge is -2.22. The molecule has 2 aromatic rings. The molecule has 1 nitrogen and oxygen atoms in total. The van der Waals surface area contributed by atoms with Crippen LogP contribution in [0.15, 0.2) is 40.9 Å². The topological polar surface area (TPSA) is 12.0 Å². The summed E-state index contributed by atoms with van der Waals surface area (Å²) in [6, 6.07) is 13.6. The Bertz CT molecular complexity index is 599. The third-order valence-electron chi connectivity index (χ3n) is 3.64. The molecule has 0 spiro atoms. The van der Waals surface area contributed by atoms with Crippen LogP contribution in [0.3, 0.4) is 0 Å². The van der Waals surface area contributed by atoms with Crippen LogP contribution in [0.5, 0.6) is 0 Å². The zero-order valence-electron chi connectivity index (χ0n) is 13.3. The molecule has 0 aliphatic carbocycles. The van der Waals surface area contributed by atoms with E-state index in [4.69, 9.17) is 0 Å². The molecule has 2 heteroatoms. The van der Waals surface area contributed by atoms with Crippen molar-refractivity contribution in [1.29, 1.82) is 0 Å². The van der Waals surface area contributed by atoms with Crippen LogP contribution in [0, 0.1) is 20.8 Å². The number of halogens is 1. The molecule has 0 radical (unpaired) electrons. The fourth-order valence-electron chi connectivity index (χ4n) is 2.74. The first kappa shape index (κ1) is 16.3. The molecule has 0 heterocycles. The minimum Gasteiger partial charge on any atom is -0.306 e. The third-order valence-corrected chi connectivity index (χ3v) is 4.33. The van der Waals surface area contributed by atoms with Gasteiger partial charge in [-0.3, -0.25) is 0 Å². The summed E-state index contributed by atoms with van der Waals surface area (Å²) in [5.74, 6) is 0. The molecule has 0 aromatic heterocycles. The average molecular weight is 346 g/mol. The normalized spacial score (nSPS) is 12.4. The van der Waals surface area contributed by atoms with E-state index in [2.05, 4.69) is 85.3 Å². The molecule has 21 heavy (non-hydrogen) atoms. The van der Waals surface area contributed by atoms with Crippen molar-refractivity contribution in [1.82, 2.24) is 5.32 Å². The van der Waals surface area contributed by atoms with E-state index in [0.29, 0.717) is 0 Å². The molecular formula is C19H24BrN. The maximum absolute atomic E-state index is 3.73. The van der Waals surface area contributed by atoms with Gasteiger partial charge in [0.1, 0.15) is 0 Å². The highest BCUT2D eigenvalue weighted by molar-refractivity contribution is 9.10. The van der Waals surface area contributed by atoms with E-state index in [-0.39, 0.29) is 6.04 Å². The van der Waals surface area contributed by atoms with E-state index in [0.717, 1.165) is 13.0 Å². The van der Waals surface area contributed by atoms with Gasteiger partial charge in [0, 0.05) is 4.47 Å². The maximum Gasteiger partial charge on any atom is 0.0588 e. The lowest BCUT2D eigenvalue weighted by molar-refractivity contribution is 0.596. The number of benzene rings is 2. The largest absolute Gasteiger partial charge is 0.306 e. The van der Waals surface area contributed by atoms with Gasteiger partial charge in [-0.25, -0.2) is 0 Å². The molecule has 0 aliphatic rings. The Hall–Kier alpha value is -1.12. The molecule has 0 aliphatic heterocycles. The predicted molar refractivity (Wildman–Crippen MR) is 94.9 cm³/mol. The van der Waals surface area contributed by atoms with Crippen molar-refractivity contribution >= 4 is 15.9 Å². The minimum atomic E-state index is 0.235. The van der Waals surface area contributed by atoms with Crippen molar-refractivity contribution in [2.75, 3.05) is 6.54 Å². The SMILES string of the molecule is CCCNC(c1cc(C)cc(C)c1)c1ccc(C)cc1Br. The highest BCUT2D eigenvalue weighted by atomic mass is 79.9. The second-order valence-corrected chi connectivity index (χ2v) is 6.69. The summed E-state index contributed by atoms with van der Waals surface area (Å²) in [5, 5.41) is 3.69. The summed E-state index contributed by atoms with van der Waals surface area (Å²) in [4.78, 5) is 0. The fourth-order valence-corrected chi connectivity index (χ4v) is 3.46. The molecule has 2 rings (SSSR count). The predicted octanol–water partition coefficient (Wildman–Crippen LogP) is 5.46. The molecule has 2 aromatic carbocycles. The van der Waals surface area contributed by atoms with Gasteiger partial charge >= 0.3 is 0 Å². The van der Waals surface area contributed by atoms with Gasteiger partial charge in [0.25, 0.3) is 0 Å². The van der Waals surface area contributed by atoms with Crippen LogP contribution in [-0.4, -0.2) is 6.54 Å². The second kappa shape index (κ2) is 7.24.